The van der Waals surface area contributed by atoms with Crippen molar-refractivity contribution in [1.29, 1.82) is 0 Å². The van der Waals surface area contributed by atoms with E-state index in [9.17, 15) is 13.2 Å². The van der Waals surface area contributed by atoms with Gasteiger partial charge in [0, 0.05) is 4.47 Å². The lowest BCUT2D eigenvalue weighted by molar-refractivity contribution is -0.198. The van der Waals surface area contributed by atoms with Gasteiger partial charge in [0.2, 0.25) is 0 Å². The summed E-state index contributed by atoms with van der Waals surface area (Å²) < 4.78 is 36.7. The molecule has 1 heterocycles. The first kappa shape index (κ1) is 13.2. The van der Waals surface area contributed by atoms with Gasteiger partial charge in [0.05, 0.1) is 12.2 Å². The van der Waals surface area contributed by atoms with E-state index in [1.807, 2.05) is 0 Å². The number of hydrogen-bond donors (Lipinski definition) is 2. The molecule has 0 saturated heterocycles. The van der Waals surface area contributed by atoms with E-state index in [2.05, 4.69) is 26.2 Å². The van der Waals surface area contributed by atoms with Gasteiger partial charge in [-0.15, -0.1) is 0 Å². The SMILES string of the molecule is Cc1nc(NCC(O)C(F)(F)F)ccc1Br. The summed E-state index contributed by atoms with van der Waals surface area (Å²) in [7, 11) is 0. The predicted molar refractivity (Wildman–Crippen MR) is 57.2 cm³/mol. The van der Waals surface area contributed by atoms with Crippen molar-refractivity contribution in [3.63, 3.8) is 0 Å². The minimum absolute atomic E-state index is 0.295. The summed E-state index contributed by atoms with van der Waals surface area (Å²) in [5, 5.41) is 11.2. The fourth-order valence-corrected chi connectivity index (χ4v) is 1.18. The van der Waals surface area contributed by atoms with E-state index in [1.54, 1.807) is 13.0 Å². The summed E-state index contributed by atoms with van der Waals surface area (Å²) in [6.07, 6.45) is -7.00. The van der Waals surface area contributed by atoms with Crippen LogP contribution in [0, 0.1) is 6.92 Å². The van der Waals surface area contributed by atoms with Crippen LogP contribution >= 0.6 is 15.9 Å². The number of pyridine rings is 1. The number of nitrogens with zero attached hydrogens (tertiary/aromatic N) is 1. The Morgan fingerprint density at radius 1 is 1.50 bits per heavy atom. The van der Waals surface area contributed by atoms with E-state index in [-0.39, 0.29) is 0 Å². The van der Waals surface area contributed by atoms with Crippen molar-refractivity contribution in [1.82, 2.24) is 4.98 Å². The van der Waals surface area contributed by atoms with Crippen molar-refractivity contribution >= 4 is 21.7 Å². The zero-order valence-electron chi connectivity index (χ0n) is 8.35. The molecule has 3 nitrogen and oxygen atoms in total. The topological polar surface area (TPSA) is 45.2 Å². The molecule has 1 aromatic rings. The van der Waals surface area contributed by atoms with Crippen LogP contribution in [0.5, 0.6) is 0 Å². The van der Waals surface area contributed by atoms with E-state index in [0.717, 1.165) is 4.47 Å². The van der Waals surface area contributed by atoms with Gasteiger partial charge >= 0.3 is 6.18 Å². The lowest BCUT2D eigenvalue weighted by Crippen LogP contribution is -2.35. The van der Waals surface area contributed by atoms with Gasteiger partial charge in [0.1, 0.15) is 5.82 Å². The van der Waals surface area contributed by atoms with E-state index in [1.165, 1.54) is 6.07 Å². The van der Waals surface area contributed by atoms with Gasteiger partial charge in [-0.3, -0.25) is 0 Å². The first-order chi connectivity index (χ1) is 7.30. The van der Waals surface area contributed by atoms with Crippen LogP contribution in [-0.4, -0.2) is 28.9 Å². The number of halogens is 4. The molecule has 0 bridgehead atoms. The normalized spacial score (nSPS) is 13.6. The summed E-state index contributed by atoms with van der Waals surface area (Å²) in [6.45, 7) is 1.10. The molecule has 0 radical (unpaired) electrons. The van der Waals surface area contributed by atoms with Crippen molar-refractivity contribution in [3.8, 4) is 0 Å². The zero-order valence-corrected chi connectivity index (χ0v) is 9.93. The van der Waals surface area contributed by atoms with Crippen LogP contribution in [0.25, 0.3) is 0 Å². The van der Waals surface area contributed by atoms with Crippen LogP contribution < -0.4 is 5.32 Å². The molecular formula is C9H10BrF3N2O. The van der Waals surface area contributed by atoms with Gasteiger partial charge < -0.3 is 10.4 Å². The quantitative estimate of drug-likeness (QED) is 0.901. The average Bonchev–Trinajstić information content (AvgIpc) is 2.18. The summed E-state index contributed by atoms with van der Waals surface area (Å²) in [6, 6.07) is 3.20. The van der Waals surface area contributed by atoms with Crippen LogP contribution in [0.2, 0.25) is 0 Å². The molecule has 0 aliphatic carbocycles. The number of rotatable bonds is 3. The van der Waals surface area contributed by atoms with Crippen molar-refractivity contribution < 1.29 is 18.3 Å². The Kier molecular flexibility index (Phi) is 4.15. The van der Waals surface area contributed by atoms with Crippen LogP contribution in [0.3, 0.4) is 0 Å². The maximum atomic E-state index is 12.0. The third-order valence-electron chi connectivity index (χ3n) is 1.88. The Balaban J connectivity index is 2.58. The number of alkyl halides is 3. The third kappa shape index (κ3) is 3.64. The second-order valence-electron chi connectivity index (χ2n) is 3.20. The molecule has 7 heteroatoms. The maximum absolute atomic E-state index is 12.0. The number of aliphatic hydroxyl groups excluding tert-OH is 1. The fraction of sp³-hybridized carbons (Fsp3) is 0.444. The highest BCUT2D eigenvalue weighted by atomic mass is 79.9. The summed E-state index contributed by atoms with van der Waals surface area (Å²) in [5.41, 5.74) is 0.659. The van der Waals surface area contributed by atoms with Gasteiger partial charge in [0.25, 0.3) is 0 Å². The Labute approximate surface area is 98.8 Å². The van der Waals surface area contributed by atoms with Crippen LogP contribution in [0.4, 0.5) is 19.0 Å². The molecule has 0 fully saturated rings. The minimum Gasteiger partial charge on any atom is -0.382 e. The number of aryl methyl sites for hydroxylation is 1. The average molecular weight is 299 g/mol. The Hall–Kier alpha value is -0.820. The first-order valence-corrected chi connectivity index (χ1v) is 5.22. The largest absolute Gasteiger partial charge is 0.416 e. The summed E-state index contributed by atoms with van der Waals surface area (Å²) >= 11 is 3.22. The number of aromatic nitrogens is 1. The molecule has 0 spiro atoms. The second kappa shape index (κ2) is 5.01. The molecule has 90 valence electrons. The molecule has 0 saturated carbocycles. The molecule has 0 aromatic carbocycles. The van der Waals surface area contributed by atoms with Crippen LogP contribution in [0.1, 0.15) is 5.69 Å². The Bertz CT molecular complexity index is 370. The van der Waals surface area contributed by atoms with Crippen LogP contribution in [0.15, 0.2) is 16.6 Å². The predicted octanol–water partition coefficient (Wildman–Crippen LogP) is 2.49. The molecule has 16 heavy (non-hydrogen) atoms. The van der Waals surface area contributed by atoms with E-state index < -0.39 is 18.8 Å². The highest BCUT2D eigenvalue weighted by molar-refractivity contribution is 9.10. The van der Waals surface area contributed by atoms with Gasteiger partial charge in [-0.2, -0.15) is 13.2 Å². The molecule has 1 aromatic heterocycles. The monoisotopic (exact) mass is 298 g/mol. The highest BCUT2D eigenvalue weighted by Gasteiger charge is 2.37. The molecule has 1 atom stereocenters. The zero-order chi connectivity index (χ0) is 12.3. The van der Waals surface area contributed by atoms with E-state index in [0.29, 0.717) is 11.5 Å². The molecular weight excluding hydrogens is 289 g/mol. The molecule has 2 N–H and O–H groups in total. The smallest absolute Gasteiger partial charge is 0.382 e. The summed E-state index contributed by atoms with van der Waals surface area (Å²) in [4.78, 5) is 3.99. The lowest BCUT2D eigenvalue weighted by atomic mass is 10.3. The number of nitrogens with one attached hydrogen (secondary N) is 1. The van der Waals surface area contributed by atoms with Gasteiger partial charge in [-0.05, 0) is 35.0 Å². The third-order valence-corrected chi connectivity index (χ3v) is 2.71. The van der Waals surface area contributed by atoms with Crippen molar-refractivity contribution in [3.05, 3.63) is 22.3 Å². The molecule has 0 aliphatic rings. The molecule has 0 aliphatic heterocycles. The van der Waals surface area contributed by atoms with Gasteiger partial charge in [-0.25, -0.2) is 4.98 Å². The lowest BCUT2D eigenvalue weighted by Gasteiger charge is -2.15. The minimum atomic E-state index is -4.61. The number of anilines is 1. The van der Waals surface area contributed by atoms with Crippen molar-refractivity contribution in [2.75, 3.05) is 11.9 Å². The van der Waals surface area contributed by atoms with Gasteiger partial charge in [-0.1, -0.05) is 0 Å². The second-order valence-corrected chi connectivity index (χ2v) is 4.06. The van der Waals surface area contributed by atoms with Gasteiger partial charge in [0.15, 0.2) is 6.10 Å². The van der Waals surface area contributed by atoms with Crippen molar-refractivity contribution in [2.24, 2.45) is 0 Å². The van der Waals surface area contributed by atoms with E-state index >= 15 is 0 Å². The highest BCUT2D eigenvalue weighted by Crippen LogP contribution is 2.21. The Morgan fingerprint density at radius 2 is 2.12 bits per heavy atom. The maximum Gasteiger partial charge on any atom is 0.416 e. The summed E-state index contributed by atoms with van der Waals surface area (Å²) in [5.74, 6) is 0.295. The number of hydrogen-bond acceptors (Lipinski definition) is 3. The molecule has 0 amide bonds. The number of aliphatic hydroxyl groups is 1. The first-order valence-electron chi connectivity index (χ1n) is 4.42. The molecule has 1 unspecified atom stereocenters. The Morgan fingerprint density at radius 3 is 2.62 bits per heavy atom. The molecule has 1 rings (SSSR count). The van der Waals surface area contributed by atoms with Crippen LogP contribution in [-0.2, 0) is 0 Å². The fourth-order valence-electron chi connectivity index (χ4n) is 0.959. The van der Waals surface area contributed by atoms with Crippen molar-refractivity contribution in [2.45, 2.75) is 19.2 Å². The van der Waals surface area contributed by atoms with E-state index in [4.69, 9.17) is 5.11 Å². The standard InChI is InChI=1S/C9H10BrF3N2O/c1-5-6(10)2-3-8(15-5)14-4-7(16)9(11,12)13/h2-3,7,16H,4H2,1H3,(H,14,15).